The van der Waals surface area contributed by atoms with Gasteiger partial charge < -0.3 is 5.11 Å². The molecule has 1 saturated heterocycles. The predicted octanol–water partition coefficient (Wildman–Crippen LogP) is 1.03. The van der Waals surface area contributed by atoms with Gasteiger partial charge in [0.2, 0.25) is 0 Å². The first kappa shape index (κ1) is 13.6. The Morgan fingerprint density at radius 3 is 2.30 bits per heavy atom. The van der Waals surface area contributed by atoms with Crippen molar-refractivity contribution in [3.63, 3.8) is 0 Å². The molecular formula is C14H17NO4S. The van der Waals surface area contributed by atoms with Crippen LogP contribution in [0.5, 0.6) is 0 Å². The first-order valence-corrected chi connectivity index (χ1v) is 8.51. The Balaban J connectivity index is 1.96. The molecule has 1 unspecified atom stereocenters. The minimum Gasteiger partial charge on any atom is -0.480 e. The summed E-state index contributed by atoms with van der Waals surface area (Å²) in [6.45, 7) is 1.02. The highest BCUT2D eigenvalue weighted by molar-refractivity contribution is 7.91. The molecule has 0 aliphatic carbocycles. The number of nitrogens with zero attached hydrogens (tertiary/aromatic N) is 1. The van der Waals surface area contributed by atoms with E-state index in [4.69, 9.17) is 0 Å². The topological polar surface area (TPSA) is 74.7 Å². The molecule has 0 aromatic heterocycles. The highest BCUT2D eigenvalue weighted by Crippen LogP contribution is 2.36. The molecule has 6 heteroatoms. The number of carboxylic acid groups (broad SMARTS) is 1. The fourth-order valence-electron chi connectivity index (χ4n) is 3.28. The van der Waals surface area contributed by atoms with Crippen molar-refractivity contribution in [3.8, 4) is 0 Å². The summed E-state index contributed by atoms with van der Waals surface area (Å²) in [4.78, 5) is 13.6. The first-order valence-electron chi connectivity index (χ1n) is 6.69. The van der Waals surface area contributed by atoms with Crippen molar-refractivity contribution in [1.29, 1.82) is 0 Å². The van der Waals surface area contributed by atoms with Gasteiger partial charge in [0.1, 0.15) is 5.54 Å². The van der Waals surface area contributed by atoms with Gasteiger partial charge in [0.15, 0.2) is 9.84 Å². The molecule has 1 fully saturated rings. The number of aliphatic carboxylic acids is 1. The predicted molar refractivity (Wildman–Crippen MR) is 73.9 cm³/mol. The fraction of sp³-hybridized carbons (Fsp3) is 0.500. The minimum absolute atomic E-state index is 0.100. The zero-order chi connectivity index (χ0) is 14.4. The van der Waals surface area contributed by atoms with E-state index in [1.165, 1.54) is 0 Å². The number of hydrogen-bond donors (Lipinski definition) is 1. The maximum atomic E-state index is 11.9. The summed E-state index contributed by atoms with van der Waals surface area (Å²) in [7, 11) is -3.28. The molecule has 1 atom stereocenters. The Kier molecular flexibility index (Phi) is 3.10. The third-order valence-electron chi connectivity index (χ3n) is 4.35. The zero-order valence-corrected chi connectivity index (χ0v) is 11.9. The van der Waals surface area contributed by atoms with E-state index in [2.05, 4.69) is 0 Å². The molecule has 20 heavy (non-hydrogen) atoms. The Hall–Kier alpha value is -1.40. The van der Waals surface area contributed by atoms with E-state index in [9.17, 15) is 18.3 Å². The number of benzene rings is 1. The molecule has 1 aromatic rings. The molecule has 2 heterocycles. The lowest BCUT2D eigenvalue weighted by atomic mass is 9.93. The van der Waals surface area contributed by atoms with Crippen LogP contribution in [0.1, 0.15) is 24.0 Å². The second-order valence-electron chi connectivity index (χ2n) is 5.66. The minimum atomic E-state index is -3.28. The van der Waals surface area contributed by atoms with Crippen LogP contribution in [0.2, 0.25) is 0 Å². The van der Waals surface area contributed by atoms with Crippen molar-refractivity contribution in [2.24, 2.45) is 0 Å². The number of rotatable bonds is 2. The van der Waals surface area contributed by atoms with Gasteiger partial charge in [-0.1, -0.05) is 24.3 Å². The molecule has 0 bridgehead atoms. The van der Waals surface area contributed by atoms with Crippen LogP contribution in [0.4, 0.5) is 0 Å². The summed E-state index contributed by atoms with van der Waals surface area (Å²) in [5, 5.41) is 9.65. The van der Waals surface area contributed by atoms with Crippen LogP contribution in [-0.2, 0) is 27.7 Å². The lowest BCUT2D eigenvalue weighted by molar-refractivity contribution is -0.151. The van der Waals surface area contributed by atoms with Crippen molar-refractivity contribution < 1.29 is 18.3 Å². The summed E-state index contributed by atoms with van der Waals surface area (Å²) in [5.74, 6) is -1.19. The quantitative estimate of drug-likeness (QED) is 0.882. The van der Waals surface area contributed by atoms with Gasteiger partial charge in [-0.15, -0.1) is 0 Å². The molecule has 2 aliphatic rings. The standard InChI is InChI=1S/C14H17NO4S/c16-13(17)14(6-3-7-20(18,19)10-14)15-8-11-4-1-2-5-12(11)9-15/h1-2,4-5H,3,6-10H2,(H,16,17). The molecular weight excluding hydrogens is 278 g/mol. The van der Waals surface area contributed by atoms with Gasteiger partial charge in [-0.2, -0.15) is 0 Å². The Bertz CT molecular complexity index is 630. The van der Waals surface area contributed by atoms with E-state index >= 15 is 0 Å². The monoisotopic (exact) mass is 295 g/mol. The molecule has 3 rings (SSSR count). The van der Waals surface area contributed by atoms with Crippen molar-refractivity contribution >= 4 is 15.8 Å². The normalized spacial score (nSPS) is 29.0. The van der Waals surface area contributed by atoms with E-state index < -0.39 is 21.3 Å². The Morgan fingerprint density at radius 1 is 1.20 bits per heavy atom. The number of hydrogen-bond acceptors (Lipinski definition) is 4. The summed E-state index contributed by atoms with van der Waals surface area (Å²) >= 11 is 0. The van der Waals surface area contributed by atoms with E-state index in [0.717, 1.165) is 11.1 Å². The SMILES string of the molecule is O=C(O)C1(N2Cc3ccccc3C2)CCCS(=O)(=O)C1. The summed E-state index contributed by atoms with van der Waals surface area (Å²) < 4.78 is 23.8. The van der Waals surface area contributed by atoms with E-state index in [-0.39, 0.29) is 11.5 Å². The van der Waals surface area contributed by atoms with Gasteiger partial charge in [-0.25, -0.2) is 8.42 Å². The average molecular weight is 295 g/mol. The van der Waals surface area contributed by atoms with Crippen LogP contribution in [0.3, 0.4) is 0 Å². The third kappa shape index (κ3) is 2.13. The number of carboxylic acids is 1. The van der Waals surface area contributed by atoms with Crippen LogP contribution in [0.25, 0.3) is 0 Å². The van der Waals surface area contributed by atoms with Crippen molar-refractivity contribution in [3.05, 3.63) is 35.4 Å². The lowest BCUT2D eigenvalue weighted by Gasteiger charge is -2.40. The number of fused-ring (bicyclic) bond motifs is 1. The maximum absolute atomic E-state index is 11.9. The molecule has 1 N–H and O–H groups in total. The smallest absolute Gasteiger partial charge is 0.325 e. The largest absolute Gasteiger partial charge is 0.480 e. The third-order valence-corrected chi connectivity index (χ3v) is 6.18. The van der Waals surface area contributed by atoms with Crippen LogP contribution < -0.4 is 0 Å². The van der Waals surface area contributed by atoms with Gasteiger partial charge in [-0.3, -0.25) is 9.69 Å². The Labute approximate surface area is 118 Å². The van der Waals surface area contributed by atoms with E-state index in [1.807, 2.05) is 29.2 Å². The molecule has 2 aliphatic heterocycles. The Morgan fingerprint density at radius 2 is 1.80 bits per heavy atom. The van der Waals surface area contributed by atoms with Gasteiger partial charge in [0.05, 0.1) is 11.5 Å². The zero-order valence-electron chi connectivity index (χ0n) is 11.1. The molecule has 0 spiro atoms. The molecule has 1 aromatic carbocycles. The molecule has 0 amide bonds. The first-order chi connectivity index (χ1) is 9.43. The maximum Gasteiger partial charge on any atom is 0.325 e. The van der Waals surface area contributed by atoms with Gasteiger partial charge in [0.25, 0.3) is 0 Å². The molecule has 108 valence electrons. The van der Waals surface area contributed by atoms with Crippen LogP contribution in [0.15, 0.2) is 24.3 Å². The molecule has 0 saturated carbocycles. The van der Waals surface area contributed by atoms with Crippen LogP contribution >= 0.6 is 0 Å². The van der Waals surface area contributed by atoms with Gasteiger partial charge in [-0.05, 0) is 24.0 Å². The number of carbonyl (C=O) groups is 1. The number of sulfone groups is 1. The van der Waals surface area contributed by atoms with E-state index in [0.29, 0.717) is 25.9 Å². The summed E-state index contributed by atoms with van der Waals surface area (Å²) in [6, 6.07) is 7.80. The van der Waals surface area contributed by atoms with Crippen molar-refractivity contribution in [2.75, 3.05) is 11.5 Å². The highest BCUT2D eigenvalue weighted by atomic mass is 32.2. The lowest BCUT2D eigenvalue weighted by Crippen LogP contribution is -2.59. The van der Waals surface area contributed by atoms with Crippen LogP contribution in [-0.4, -0.2) is 41.4 Å². The van der Waals surface area contributed by atoms with Gasteiger partial charge >= 0.3 is 5.97 Å². The molecule has 5 nitrogen and oxygen atoms in total. The fourth-order valence-corrected chi connectivity index (χ4v) is 5.19. The average Bonchev–Trinajstić information content (AvgIpc) is 2.81. The summed E-state index contributed by atoms with van der Waals surface area (Å²) in [5.41, 5.74) is 0.919. The van der Waals surface area contributed by atoms with Gasteiger partial charge in [0, 0.05) is 13.1 Å². The highest BCUT2D eigenvalue weighted by Gasteiger charge is 2.51. The van der Waals surface area contributed by atoms with Crippen LogP contribution in [0, 0.1) is 0 Å². The molecule has 0 radical (unpaired) electrons. The summed E-state index contributed by atoms with van der Waals surface area (Å²) in [6.07, 6.45) is 0.816. The van der Waals surface area contributed by atoms with Crippen molar-refractivity contribution in [2.45, 2.75) is 31.5 Å². The van der Waals surface area contributed by atoms with Crippen molar-refractivity contribution in [1.82, 2.24) is 4.90 Å². The van der Waals surface area contributed by atoms with E-state index in [1.54, 1.807) is 0 Å². The second kappa shape index (κ2) is 4.56. The second-order valence-corrected chi connectivity index (χ2v) is 7.84.